The number of nitrogens with zero attached hydrogens (tertiary/aromatic N) is 3. The molecule has 0 spiro atoms. The Labute approximate surface area is 157 Å². The summed E-state index contributed by atoms with van der Waals surface area (Å²) in [5.74, 6) is -0.355. The average Bonchev–Trinajstić information content (AvgIpc) is 3.30. The lowest BCUT2D eigenvalue weighted by atomic mass is 9.82. The minimum Gasteiger partial charge on any atom is -0.391 e. The van der Waals surface area contributed by atoms with Crippen molar-refractivity contribution < 1.29 is 19.2 Å². The van der Waals surface area contributed by atoms with Gasteiger partial charge in [-0.2, -0.15) is 0 Å². The van der Waals surface area contributed by atoms with E-state index in [2.05, 4.69) is 10.5 Å². The Morgan fingerprint density at radius 1 is 1.37 bits per heavy atom. The number of fused-ring (bicyclic) bond motifs is 1. The molecule has 2 amide bonds. The molecule has 1 saturated carbocycles. The highest BCUT2D eigenvalue weighted by molar-refractivity contribution is 5.93. The number of amides is 2. The predicted molar refractivity (Wildman–Crippen MR) is 95.6 cm³/mol. The highest BCUT2D eigenvalue weighted by atomic mass is 16.5. The number of aryl methyl sites for hydroxylation is 1. The second kappa shape index (κ2) is 7.19. The van der Waals surface area contributed by atoms with Gasteiger partial charge in [0.15, 0.2) is 0 Å². The van der Waals surface area contributed by atoms with E-state index in [0.717, 1.165) is 11.3 Å². The summed E-state index contributed by atoms with van der Waals surface area (Å²) in [5.41, 5.74) is 2.41. The second-order valence-corrected chi connectivity index (χ2v) is 7.46. The molecule has 0 bridgehead atoms. The summed E-state index contributed by atoms with van der Waals surface area (Å²) in [6.45, 7) is 1.13. The monoisotopic (exact) mass is 372 g/mol. The summed E-state index contributed by atoms with van der Waals surface area (Å²) in [4.78, 5) is 27.3. The van der Waals surface area contributed by atoms with Gasteiger partial charge in [-0.3, -0.25) is 9.59 Å². The van der Waals surface area contributed by atoms with Crippen molar-refractivity contribution in [3.8, 4) is 0 Å². The van der Waals surface area contributed by atoms with Gasteiger partial charge in [-0.25, -0.2) is 0 Å². The molecule has 8 nitrogen and oxygen atoms in total. The summed E-state index contributed by atoms with van der Waals surface area (Å²) in [5, 5.41) is 17.2. The Morgan fingerprint density at radius 2 is 2.22 bits per heavy atom. The highest BCUT2D eigenvalue weighted by Crippen LogP contribution is 2.29. The number of hydrogen-bond donors (Lipinski definition) is 2. The van der Waals surface area contributed by atoms with Crippen molar-refractivity contribution in [1.82, 2.24) is 19.9 Å². The molecule has 8 heteroatoms. The lowest BCUT2D eigenvalue weighted by molar-refractivity contribution is -0.138. The summed E-state index contributed by atoms with van der Waals surface area (Å²) in [7, 11) is 1.80. The van der Waals surface area contributed by atoms with Crippen LogP contribution in [-0.4, -0.2) is 50.2 Å². The third kappa shape index (κ3) is 3.49. The molecular formula is C19H24N4O4. The van der Waals surface area contributed by atoms with Crippen molar-refractivity contribution in [3.05, 3.63) is 41.5 Å². The SMILES string of the molecule is Cn1cccc1C(=O)N[C@@H]1C[C@@H](C(=O)N2CCc3nocc3C2)CC[C@H]1O. The number of nitrogens with one attached hydrogen (secondary N) is 1. The molecule has 27 heavy (non-hydrogen) atoms. The van der Waals surface area contributed by atoms with Crippen molar-refractivity contribution >= 4 is 11.8 Å². The molecule has 2 aromatic heterocycles. The standard InChI is InChI=1S/C19H24N4O4/c1-22-7-2-3-16(22)18(25)20-15-9-12(4-5-17(15)24)19(26)23-8-6-14-13(10-23)11-27-21-14/h2-3,7,11-12,15,17,24H,4-6,8-10H2,1H3,(H,20,25)/t12-,15+,17+/m0/s1. The normalized spacial score (nSPS) is 25.1. The third-order valence-electron chi connectivity index (χ3n) is 5.68. The number of aliphatic hydroxyl groups excluding tert-OH is 1. The molecule has 0 unspecified atom stereocenters. The van der Waals surface area contributed by atoms with Crippen molar-refractivity contribution in [3.63, 3.8) is 0 Å². The molecule has 1 aliphatic heterocycles. The van der Waals surface area contributed by atoms with Gasteiger partial charge in [0.1, 0.15) is 12.0 Å². The molecule has 1 aliphatic carbocycles. The van der Waals surface area contributed by atoms with Gasteiger partial charge in [0.25, 0.3) is 5.91 Å². The molecule has 0 saturated heterocycles. The molecular weight excluding hydrogens is 348 g/mol. The Kier molecular flexibility index (Phi) is 4.73. The maximum absolute atomic E-state index is 13.0. The van der Waals surface area contributed by atoms with E-state index in [1.54, 1.807) is 36.2 Å². The first-order chi connectivity index (χ1) is 13.0. The number of carbonyl (C=O) groups is 2. The van der Waals surface area contributed by atoms with Gasteiger partial charge in [0, 0.05) is 37.7 Å². The number of aromatic nitrogens is 2. The predicted octanol–water partition coefficient (Wildman–Crippen LogP) is 0.857. The van der Waals surface area contributed by atoms with Gasteiger partial charge >= 0.3 is 0 Å². The van der Waals surface area contributed by atoms with E-state index in [0.29, 0.717) is 44.5 Å². The average molecular weight is 372 g/mol. The van der Waals surface area contributed by atoms with Crippen LogP contribution in [0.3, 0.4) is 0 Å². The van der Waals surface area contributed by atoms with Gasteiger partial charge in [-0.15, -0.1) is 0 Å². The van der Waals surface area contributed by atoms with E-state index < -0.39 is 12.1 Å². The number of aliphatic hydroxyl groups is 1. The molecule has 4 rings (SSSR count). The van der Waals surface area contributed by atoms with Crippen molar-refractivity contribution in [2.45, 2.75) is 44.4 Å². The molecule has 144 valence electrons. The molecule has 2 aromatic rings. The lowest BCUT2D eigenvalue weighted by Gasteiger charge is -2.36. The maximum atomic E-state index is 13.0. The minimum atomic E-state index is -0.635. The topological polar surface area (TPSA) is 101 Å². The van der Waals surface area contributed by atoms with Crippen LogP contribution in [0, 0.1) is 5.92 Å². The van der Waals surface area contributed by atoms with Crippen molar-refractivity contribution in [2.24, 2.45) is 13.0 Å². The van der Waals surface area contributed by atoms with Crippen LogP contribution >= 0.6 is 0 Å². The smallest absolute Gasteiger partial charge is 0.268 e. The zero-order valence-electron chi connectivity index (χ0n) is 15.3. The van der Waals surface area contributed by atoms with Crippen LogP contribution in [0.1, 0.15) is 41.0 Å². The quantitative estimate of drug-likeness (QED) is 0.832. The van der Waals surface area contributed by atoms with E-state index >= 15 is 0 Å². The number of rotatable bonds is 3. The first-order valence-corrected chi connectivity index (χ1v) is 9.34. The van der Waals surface area contributed by atoms with Crippen LogP contribution < -0.4 is 5.32 Å². The van der Waals surface area contributed by atoms with Crippen molar-refractivity contribution in [1.29, 1.82) is 0 Å². The van der Waals surface area contributed by atoms with Gasteiger partial charge in [-0.05, 0) is 31.4 Å². The van der Waals surface area contributed by atoms with E-state index in [-0.39, 0.29) is 17.7 Å². The van der Waals surface area contributed by atoms with Gasteiger partial charge in [0.2, 0.25) is 5.91 Å². The van der Waals surface area contributed by atoms with Crippen LogP contribution in [0.5, 0.6) is 0 Å². The summed E-state index contributed by atoms with van der Waals surface area (Å²) >= 11 is 0. The Bertz CT molecular complexity index is 842. The van der Waals surface area contributed by atoms with Crippen LogP contribution in [0.25, 0.3) is 0 Å². The minimum absolute atomic E-state index is 0.0758. The maximum Gasteiger partial charge on any atom is 0.268 e. The summed E-state index contributed by atoms with van der Waals surface area (Å²) in [6, 6.07) is 3.11. The van der Waals surface area contributed by atoms with E-state index in [4.69, 9.17) is 4.52 Å². The molecule has 2 aliphatic rings. The number of hydrogen-bond acceptors (Lipinski definition) is 5. The van der Waals surface area contributed by atoms with Gasteiger partial charge in [0.05, 0.1) is 24.4 Å². The Balaban J connectivity index is 1.40. The fourth-order valence-corrected chi connectivity index (χ4v) is 4.06. The third-order valence-corrected chi connectivity index (χ3v) is 5.68. The Morgan fingerprint density at radius 3 is 3.00 bits per heavy atom. The Hall–Kier alpha value is -2.61. The lowest BCUT2D eigenvalue weighted by Crippen LogP contribution is -2.50. The second-order valence-electron chi connectivity index (χ2n) is 7.46. The molecule has 0 radical (unpaired) electrons. The highest BCUT2D eigenvalue weighted by Gasteiger charge is 2.37. The summed E-state index contributed by atoms with van der Waals surface area (Å²) in [6.07, 6.45) is 5.04. The fraction of sp³-hybridized carbons (Fsp3) is 0.526. The van der Waals surface area contributed by atoms with Crippen molar-refractivity contribution in [2.75, 3.05) is 6.54 Å². The zero-order valence-corrected chi connectivity index (χ0v) is 15.3. The van der Waals surface area contributed by atoms with Crippen LogP contribution in [0.2, 0.25) is 0 Å². The molecule has 3 atom stereocenters. The summed E-state index contributed by atoms with van der Waals surface area (Å²) < 4.78 is 6.72. The van der Waals surface area contributed by atoms with Crippen LogP contribution in [0.15, 0.2) is 29.1 Å². The van der Waals surface area contributed by atoms with E-state index in [1.807, 2.05) is 4.90 Å². The van der Waals surface area contributed by atoms with E-state index in [1.165, 1.54) is 0 Å². The molecule has 3 heterocycles. The largest absolute Gasteiger partial charge is 0.391 e. The van der Waals surface area contributed by atoms with Gasteiger partial charge < -0.3 is 24.4 Å². The van der Waals surface area contributed by atoms with E-state index in [9.17, 15) is 14.7 Å². The molecule has 2 N–H and O–H groups in total. The van der Waals surface area contributed by atoms with Crippen LogP contribution in [0.4, 0.5) is 0 Å². The first kappa shape index (κ1) is 17.8. The molecule has 0 aromatic carbocycles. The van der Waals surface area contributed by atoms with Gasteiger partial charge in [-0.1, -0.05) is 5.16 Å². The first-order valence-electron chi connectivity index (χ1n) is 9.34. The molecule has 1 fully saturated rings. The fourth-order valence-electron chi connectivity index (χ4n) is 4.06. The van der Waals surface area contributed by atoms with Crippen LogP contribution in [-0.2, 0) is 24.8 Å². The number of carbonyl (C=O) groups excluding carboxylic acids is 2. The zero-order chi connectivity index (χ0) is 19.0.